The number of aryl methyl sites for hydroxylation is 2. The van der Waals surface area contributed by atoms with Crippen molar-refractivity contribution in [2.75, 3.05) is 23.5 Å². The Morgan fingerprint density at radius 1 is 1.33 bits per heavy atom. The maximum Gasteiger partial charge on any atom is 0.314 e. The lowest BCUT2D eigenvalue weighted by molar-refractivity contribution is -0.144. The molecule has 0 aliphatic heterocycles. The van der Waals surface area contributed by atoms with E-state index in [-0.39, 0.29) is 11.8 Å². The molecule has 0 bridgehead atoms. The fourth-order valence-corrected chi connectivity index (χ4v) is 2.71. The maximum atomic E-state index is 11.9. The van der Waals surface area contributed by atoms with E-state index in [0.717, 1.165) is 22.5 Å². The monoisotopic (exact) mass is 347 g/mol. The molecule has 0 aliphatic carbocycles. The Kier molecular flexibility index (Phi) is 6.04. The van der Waals surface area contributed by atoms with Gasteiger partial charge in [0.2, 0.25) is 0 Å². The average Bonchev–Trinajstić information content (AvgIpc) is 2.54. The number of nitrogens with two attached hydrogens (primary N) is 1. The third-order valence-corrected chi connectivity index (χ3v) is 4.00. The topological polar surface area (TPSA) is 77.2 Å². The van der Waals surface area contributed by atoms with Crippen LogP contribution in [0.15, 0.2) is 30.3 Å². The zero-order valence-electron chi connectivity index (χ0n) is 14.1. The van der Waals surface area contributed by atoms with Gasteiger partial charge in [-0.15, -0.1) is 11.6 Å². The van der Waals surface area contributed by atoms with Gasteiger partial charge in [0.1, 0.15) is 0 Å². The highest BCUT2D eigenvalue weighted by Crippen LogP contribution is 2.26. The van der Waals surface area contributed by atoms with Gasteiger partial charge in [-0.2, -0.15) is 0 Å². The molecular formula is C18H22ClN3O2. The normalized spacial score (nSPS) is 11.8. The molecule has 0 saturated carbocycles. The Balaban J connectivity index is 2.19. The predicted molar refractivity (Wildman–Crippen MR) is 97.9 cm³/mol. The van der Waals surface area contributed by atoms with Gasteiger partial charge in [0.05, 0.1) is 18.2 Å². The smallest absolute Gasteiger partial charge is 0.314 e. The molecule has 0 fully saturated rings. The number of halogens is 1. The molecule has 1 unspecified atom stereocenters. The number of nitrogens with zero attached hydrogens (tertiary/aromatic N) is 1. The van der Waals surface area contributed by atoms with E-state index in [1.165, 1.54) is 0 Å². The molecule has 0 saturated heterocycles. The van der Waals surface area contributed by atoms with E-state index in [2.05, 4.69) is 10.3 Å². The first kappa shape index (κ1) is 18.1. The van der Waals surface area contributed by atoms with Crippen LogP contribution in [0.5, 0.6) is 0 Å². The number of anilines is 3. The fourth-order valence-electron chi connectivity index (χ4n) is 2.41. The molecule has 1 aromatic carbocycles. The first-order valence-electron chi connectivity index (χ1n) is 7.79. The molecule has 1 atom stereocenters. The average molecular weight is 348 g/mol. The molecule has 0 radical (unpaired) electrons. The van der Waals surface area contributed by atoms with Crippen LogP contribution in [0.25, 0.3) is 0 Å². The largest absolute Gasteiger partial charge is 0.465 e. The number of carbonyl (C=O) groups is 1. The van der Waals surface area contributed by atoms with E-state index in [9.17, 15) is 4.79 Å². The summed E-state index contributed by atoms with van der Waals surface area (Å²) in [5.74, 6) is 0.0232. The molecule has 6 heteroatoms. The number of ether oxygens (including phenoxy) is 1. The van der Waals surface area contributed by atoms with Gasteiger partial charge in [-0.1, -0.05) is 12.1 Å². The van der Waals surface area contributed by atoms with Crippen molar-refractivity contribution in [3.8, 4) is 0 Å². The Morgan fingerprint density at radius 3 is 2.58 bits per heavy atom. The highest BCUT2D eigenvalue weighted by molar-refractivity contribution is 6.19. The van der Waals surface area contributed by atoms with Gasteiger partial charge in [0, 0.05) is 17.3 Å². The molecule has 24 heavy (non-hydrogen) atoms. The highest BCUT2D eigenvalue weighted by atomic mass is 35.5. The van der Waals surface area contributed by atoms with Gasteiger partial charge >= 0.3 is 5.97 Å². The number of hydrogen-bond donors (Lipinski definition) is 2. The van der Waals surface area contributed by atoms with Crippen molar-refractivity contribution in [2.24, 2.45) is 0 Å². The molecule has 0 amide bonds. The van der Waals surface area contributed by atoms with Crippen LogP contribution in [0.3, 0.4) is 0 Å². The van der Waals surface area contributed by atoms with Gasteiger partial charge in [0.15, 0.2) is 5.82 Å². The second-order valence-corrected chi connectivity index (χ2v) is 5.86. The molecule has 128 valence electrons. The number of rotatable bonds is 6. The molecule has 1 heterocycles. The lowest BCUT2D eigenvalue weighted by atomic mass is 10.0. The van der Waals surface area contributed by atoms with E-state index in [4.69, 9.17) is 22.1 Å². The van der Waals surface area contributed by atoms with Crippen LogP contribution in [0, 0.1) is 13.8 Å². The summed E-state index contributed by atoms with van der Waals surface area (Å²) in [7, 11) is 0. The number of pyridine rings is 1. The molecule has 5 nitrogen and oxygen atoms in total. The van der Waals surface area contributed by atoms with Crippen molar-refractivity contribution < 1.29 is 9.53 Å². The van der Waals surface area contributed by atoms with Crippen LogP contribution in [0.2, 0.25) is 0 Å². The number of carbonyl (C=O) groups excluding carboxylic acids is 1. The quantitative estimate of drug-likeness (QED) is 0.612. The number of hydrogen-bond acceptors (Lipinski definition) is 5. The van der Waals surface area contributed by atoms with E-state index in [1.54, 1.807) is 6.92 Å². The van der Waals surface area contributed by atoms with Crippen molar-refractivity contribution >= 4 is 34.8 Å². The summed E-state index contributed by atoms with van der Waals surface area (Å²) in [6, 6.07) is 9.38. The second kappa shape index (κ2) is 8.02. The van der Waals surface area contributed by atoms with Crippen LogP contribution >= 0.6 is 11.6 Å². The number of alkyl halides is 1. The van der Waals surface area contributed by atoms with E-state index in [0.29, 0.717) is 18.1 Å². The number of esters is 1. The number of nitrogens with one attached hydrogen (secondary N) is 1. The number of aromatic nitrogens is 1. The summed E-state index contributed by atoms with van der Waals surface area (Å²) < 4.78 is 5.05. The second-order valence-electron chi connectivity index (χ2n) is 5.55. The molecule has 2 aromatic rings. The standard InChI is InChI=1S/C18H22ClN3O2/c1-4-24-18(23)15(10-19)13-5-7-14(8-6-13)22-17-16(20)11(2)9-12(3)21-17/h5-9,15H,4,10,20H2,1-3H3,(H,21,22). The van der Waals surface area contributed by atoms with Crippen molar-refractivity contribution in [3.63, 3.8) is 0 Å². The van der Waals surface area contributed by atoms with Crippen molar-refractivity contribution in [1.82, 2.24) is 4.98 Å². The van der Waals surface area contributed by atoms with Crippen LogP contribution < -0.4 is 11.1 Å². The molecular weight excluding hydrogens is 326 g/mol. The molecule has 1 aromatic heterocycles. The third-order valence-electron chi connectivity index (χ3n) is 3.69. The van der Waals surface area contributed by atoms with Crippen molar-refractivity contribution in [3.05, 3.63) is 47.2 Å². The zero-order valence-corrected chi connectivity index (χ0v) is 14.9. The number of nitrogen functional groups attached to an aromatic ring is 1. The maximum absolute atomic E-state index is 11.9. The summed E-state index contributed by atoms with van der Waals surface area (Å²) in [6.45, 7) is 5.98. The molecule has 0 spiro atoms. The van der Waals surface area contributed by atoms with Crippen LogP contribution in [0.4, 0.5) is 17.2 Å². The Hall–Kier alpha value is -2.27. The van der Waals surface area contributed by atoms with Crippen LogP contribution in [-0.4, -0.2) is 23.4 Å². The van der Waals surface area contributed by atoms with Crippen LogP contribution in [-0.2, 0) is 9.53 Å². The summed E-state index contributed by atoms with van der Waals surface area (Å²) >= 11 is 5.91. The molecule has 3 N–H and O–H groups in total. The van der Waals surface area contributed by atoms with Crippen LogP contribution in [0.1, 0.15) is 29.7 Å². The number of benzene rings is 1. The predicted octanol–water partition coefficient (Wildman–Crippen LogP) is 3.91. The van der Waals surface area contributed by atoms with Gasteiger partial charge in [-0.3, -0.25) is 4.79 Å². The fraction of sp³-hybridized carbons (Fsp3) is 0.333. The lowest BCUT2D eigenvalue weighted by Crippen LogP contribution is -2.17. The Bertz CT molecular complexity index is 717. The Morgan fingerprint density at radius 2 is 2.00 bits per heavy atom. The molecule has 0 aliphatic rings. The first-order chi connectivity index (χ1) is 11.5. The van der Waals surface area contributed by atoms with E-state index < -0.39 is 5.92 Å². The lowest BCUT2D eigenvalue weighted by Gasteiger charge is -2.15. The third kappa shape index (κ3) is 4.17. The first-order valence-corrected chi connectivity index (χ1v) is 8.33. The van der Waals surface area contributed by atoms with Gasteiger partial charge in [-0.25, -0.2) is 4.98 Å². The van der Waals surface area contributed by atoms with E-state index >= 15 is 0 Å². The summed E-state index contributed by atoms with van der Waals surface area (Å²) in [4.78, 5) is 16.3. The minimum absolute atomic E-state index is 0.178. The van der Waals surface area contributed by atoms with Gasteiger partial charge in [0.25, 0.3) is 0 Å². The van der Waals surface area contributed by atoms with E-state index in [1.807, 2.05) is 44.2 Å². The van der Waals surface area contributed by atoms with Crippen molar-refractivity contribution in [2.45, 2.75) is 26.7 Å². The van der Waals surface area contributed by atoms with Gasteiger partial charge < -0.3 is 15.8 Å². The van der Waals surface area contributed by atoms with Gasteiger partial charge in [-0.05, 0) is 50.1 Å². The zero-order chi connectivity index (χ0) is 17.7. The summed E-state index contributed by atoms with van der Waals surface area (Å²) in [5.41, 5.74) is 10.2. The molecule has 2 rings (SSSR count). The minimum Gasteiger partial charge on any atom is -0.465 e. The summed E-state index contributed by atoms with van der Waals surface area (Å²) in [5, 5.41) is 3.21. The minimum atomic E-state index is -0.468. The SMILES string of the molecule is CCOC(=O)C(CCl)c1ccc(Nc2nc(C)cc(C)c2N)cc1. The summed E-state index contributed by atoms with van der Waals surface area (Å²) in [6.07, 6.45) is 0. The highest BCUT2D eigenvalue weighted by Gasteiger charge is 2.20. The Labute approximate surface area is 147 Å². The van der Waals surface area contributed by atoms with Crippen molar-refractivity contribution in [1.29, 1.82) is 0 Å².